The Kier molecular flexibility index (Phi) is 4.00. The molecule has 4 rings (SSSR count). The maximum Gasteiger partial charge on any atom is 0.519 e. The van der Waals surface area contributed by atoms with Gasteiger partial charge in [-0.2, -0.15) is 0 Å². The van der Waals surface area contributed by atoms with Crippen molar-refractivity contribution in [1.82, 2.24) is 4.90 Å². The molecule has 2 saturated heterocycles. The minimum atomic E-state index is -3.71. The van der Waals surface area contributed by atoms with E-state index in [2.05, 4.69) is 0 Å². The highest BCUT2D eigenvalue weighted by Gasteiger charge is 2.68. The third kappa shape index (κ3) is 2.51. The van der Waals surface area contributed by atoms with Crippen molar-refractivity contribution < 1.29 is 31.6 Å². The summed E-state index contributed by atoms with van der Waals surface area (Å²) in [5.41, 5.74) is 0.557. The second kappa shape index (κ2) is 6.06. The molecule has 2 fully saturated rings. The minimum absolute atomic E-state index is 0.00491. The van der Waals surface area contributed by atoms with Crippen LogP contribution in [0.15, 0.2) is 44.0 Å². The van der Waals surface area contributed by atoms with Crippen LogP contribution in [0.3, 0.4) is 0 Å². The summed E-state index contributed by atoms with van der Waals surface area (Å²) in [6.07, 6.45) is -0.135. The van der Waals surface area contributed by atoms with Crippen LogP contribution in [0.1, 0.15) is 26.0 Å². The average molecular weight is 407 g/mol. The fourth-order valence-corrected chi connectivity index (χ4v) is 5.76. The van der Waals surface area contributed by atoms with E-state index in [0.717, 1.165) is 4.90 Å². The van der Waals surface area contributed by atoms with Crippen LogP contribution in [0.4, 0.5) is 0 Å². The van der Waals surface area contributed by atoms with Gasteiger partial charge in [-0.3, -0.25) is 4.79 Å². The van der Waals surface area contributed by atoms with Gasteiger partial charge in [-0.1, -0.05) is 30.3 Å². The van der Waals surface area contributed by atoms with Crippen molar-refractivity contribution in [3.05, 3.63) is 46.7 Å². The molecular formula is C18H17NO8S. The number of carbonyl (C=O) groups excluding carboxylic acids is 2. The summed E-state index contributed by atoms with van der Waals surface area (Å²) in [6, 6.07) is 7.37. The molecule has 2 aliphatic rings. The van der Waals surface area contributed by atoms with Crippen LogP contribution in [0.2, 0.25) is 0 Å². The monoisotopic (exact) mass is 407 g/mol. The molecule has 1 aromatic heterocycles. The number of amides is 1. The van der Waals surface area contributed by atoms with Crippen LogP contribution in [0.5, 0.6) is 0 Å². The number of hydrogen-bond acceptors (Lipinski definition) is 8. The van der Waals surface area contributed by atoms with Gasteiger partial charge in [0.2, 0.25) is 5.91 Å². The van der Waals surface area contributed by atoms with E-state index in [9.17, 15) is 22.8 Å². The van der Waals surface area contributed by atoms with Crippen LogP contribution in [0.25, 0.3) is 11.3 Å². The Morgan fingerprint density at radius 3 is 2.54 bits per heavy atom. The lowest BCUT2D eigenvalue weighted by molar-refractivity contribution is -0.162. The van der Waals surface area contributed by atoms with Crippen molar-refractivity contribution in [2.75, 3.05) is 0 Å². The molecule has 0 bridgehead atoms. The Morgan fingerprint density at radius 1 is 1.21 bits per heavy atom. The fraction of sp³-hybridized carbons (Fsp3) is 0.389. The summed E-state index contributed by atoms with van der Waals surface area (Å²) >= 11 is 0. The van der Waals surface area contributed by atoms with E-state index >= 15 is 0 Å². The van der Waals surface area contributed by atoms with Crippen LogP contribution in [0, 0.1) is 0 Å². The van der Waals surface area contributed by atoms with E-state index in [-0.39, 0.29) is 17.9 Å². The van der Waals surface area contributed by atoms with Crippen LogP contribution >= 0.6 is 0 Å². The molecule has 0 spiro atoms. The summed E-state index contributed by atoms with van der Waals surface area (Å²) in [5.74, 6) is -2.14. The number of nitrogens with zero attached hydrogens (tertiary/aromatic N) is 1. The molecule has 0 N–H and O–H groups in total. The number of β-lactam (4-membered cyclic amide) rings is 1. The highest BCUT2D eigenvalue weighted by atomic mass is 32.2. The summed E-state index contributed by atoms with van der Waals surface area (Å²) in [7, 11) is -3.71. The molecule has 1 aromatic carbocycles. The molecule has 2 aliphatic heterocycles. The van der Waals surface area contributed by atoms with Gasteiger partial charge in [-0.05, 0) is 13.8 Å². The van der Waals surface area contributed by atoms with E-state index < -0.39 is 50.3 Å². The highest BCUT2D eigenvalue weighted by Crippen LogP contribution is 2.46. The lowest BCUT2D eigenvalue weighted by Crippen LogP contribution is -2.57. The van der Waals surface area contributed by atoms with Crippen molar-refractivity contribution >= 4 is 21.7 Å². The van der Waals surface area contributed by atoms with E-state index in [4.69, 9.17) is 13.6 Å². The number of benzene rings is 1. The van der Waals surface area contributed by atoms with Crippen LogP contribution in [-0.4, -0.2) is 41.4 Å². The molecule has 0 unspecified atom stereocenters. The predicted molar refractivity (Wildman–Crippen MR) is 94.5 cm³/mol. The van der Waals surface area contributed by atoms with Gasteiger partial charge in [0.25, 0.3) is 0 Å². The first kappa shape index (κ1) is 18.5. The zero-order valence-electron chi connectivity index (χ0n) is 15.1. The second-order valence-electron chi connectivity index (χ2n) is 7.19. The number of ether oxygens (including phenoxy) is 1. The van der Waals surface area contributed by atoms with E-state index in [1.807, 2.05) is 0 Å². The number of carbonyl (C=O) groups is 2. The summed E-state index contributed by atoms with van der Waals surface area (Å²) in [6.45, 7) is 2.36. The van der Waals surface area contributed by atoms with Crippen molar-refractivity contribution in [2.45, 2.75) is 43.0 Å². The molecule has 2 aromatic rings. The smallest absolute Gasteiger partial charge is 0.456 e. The van der Waals surface area contributed by atoms with Gasteiger partial charge in [0.05, 0.1) is 11.2 Å². The van der Waals surface area contributed by atoms with E-state index in [1.54, 1.807) is 30.3 Å². The number of rotatable bonds is 4. The first-order valence-corrected chi connectivity index (χ1v) is 10.1. The molecule has 0 radical (unpaired) electrons. The number of fused-ring (bicyclic) bond motifs is 1. The predicted octanol–water partition coefficient (Wildman–Crippen LogP) is 1.08. The molecule has 9 nitrogen and oxygen atoms in total. The van der Waals surface area contributed by atoms with Gasteiger partial charge < -0.3 is 18.5 Å². The first-order chi connectivity index (χ1) is 13.1. The fourth-order valence-electron chi connectivity index (χ4n) is 3.64. The third-order valence-corrected chi connectivity index (χ3v) is 8.03. The topological polar surface area (TPSA) is 124 Å². The molecule has 28 heavy (non-hydrogen) atoms. The third-order valence-electron chi connectivity index (χ3n) is 5.23. The van der Waals surface area contributed by atoms with E-state index in [1.165, 1.54) is 13.8 Å². The molecule has 3 heterocycles. The van der Waals surface area contributed by atoms with Crippen LogP contribution in [-0.2, 0) is 30.8 Å². The maximum atomic E-state index is 12.7. The van der Waals surface area contributed by atoms with Crippen molar-refractivity contribution in [3.8, 4) is 11.3 Å². The van der Waals surface area contributed by atoms with Crippen molar-refractivity contribution in [3.63, 3.8) is 0 Å². The van der Waals surface area contributed by atoms with Crippen molar-refractivity contribution in [2.24, 2.45) is 0 Å². The maximum absolute atomic E-state index is 12.7. The second-order valence-corrected chi connectivity index (χ2v) is 9.88. The van der Waals surface area contributed by atoms with Crippen LogP contribution < -0.4 is 5.82 Å². The number of esters is 1. The first-order valence-electron chi connectivity index (χ1n) is 8.54. The Hall–Kier alpha value is -2.88. The van der Waals surface area contributed by atoms with Gasteiger partial charge in [0.15, 0.2) is 28.0 Å². The number of hydrogen-bond donors (Lipinski definition) is 0. The summed E-state index contributed by atoms with van der Waals surface area (Å²) in [5, 5.41) is -1.00. The Morgan fingerprint density at radius 2 is 1.89 bits per heavy atom. The average Bonchev–Trinajstić information content (AvgIpc) is 3.07. The normalized spacial score (nSPS) is 24.5. The standard InChI is InChI=1S/C18H17NO8S/c1-18(2)15(19-12(20)8-13(19)28(18,23)24)16(21)25-9-11-14(27-17(22)26-11)10-6-4-3-5-7-10/h3-7,13,15H,8-9H2,1-2H3/t13-,15+/m1/s1. The van der Waals surface area contributed by atoms with Gasteiger partial charge in [0, 0.05) is 5.56 Å². The van der Waals surface area contributed by atoms with Crippen molar-refractivity contribution in [1.29, 1.82) is 0 Å². The largest absolute Gasteiger partial charge is 0.519 e. The molecule has 148 valence electrons. The lowest BCUT2D eigenvalue weighted by atomic mass is 9.98. The summed E-state index contributed by atoms with van der Waals surface area (Å²) in [4.78, 5) is 37.2. The highest BCUT2D eigenvalue weighted by molar-refractivity contribution is 7.93. The molecule has 1 amide bonds. The van der Waals surface area contributed by atoms with Gasteiger partial charge in [-0.25, -0.2) is 18.0 Å². The molecule has 10 heteroatoms. The Balaban J connectivity index is 1.58. The molecular weight excluding hydrogens is 390 g/mol. The lowest BCUT2D eigenvalue weighted by Gasteiger charge is -2.36. The molecule has 2 atom stereocenters. The summed E-state index contributed by atoms with van der Waals surface area (Å²) < 4.78 is 38.9. The quantitative estimate of drug-likeness (QED) is 0.545. The molecule has 0 saturated carbocycles. The SMILES string of the molecule is CC1(C)[C@H](C(=O)OCc2oc(=O)oc2-c2ccccc2)N2C(=O)C[C@H]2S1(=O)=O. The molecule has 0 aliphatic carbocycles. The minimum Gasteiger partial charge on any atom is -0.456 e. The zero-order chi connectivity index (χ0) is 20.3. The van der Waals surface area contributed by atoms with Gasteiger partial charge >= 0.3 is 11.8 Å². The van der Waals surface area contributed by atoms with Gasteiger partial charge in [0.1, 0.15) is 11.4 Å². The van der Waals surface area contributed by atoms with E-state index in [0.29, 0.717) is 5.56 Å². The van der Waals surface area contributed by atoms with Gasteiger partial charge in [-0.15, -0.1) is 0 Å². The zero-order valence-corrected chi connectivity index (χ0v) is 15.9. The number of sulfone groups is 1. The Bertz CT molecular complexity index is 1110. The Labute approximate surface area is 159 Å².